The molecule has 0 saturated carbocycles. The van der Waals surface area contributed by atoms with Crippen molar-refractivity contribution in [1.82, 2.24) is 0 Å². The molecule has 2 N–H and O–H groups in total. The monoisotopic (exact) mass is 330 g/mol. The maximum atomic E-state index is 12.0. The molecule has 0 aliphatic carbocycles. The van der Waals surface area contributed by atoms with E-state index >= 15 is 0 Å². The summed E-state index contributed by atoms with van der Waals surface area (Å²) in [5.74, 6) is -0.121. The van der Waals surface area contributed by atoms with E-state index in [1.807, 2.05) is 36.4 Å². The molecule has 0 aromatic heterocycles. The Morgan fingerprint density at radius 1 is 1.05 bits per heavy atom. The normalized spacial score (nSPS) is 9.85. The zero-order valence-corrected chi connectivity index (χ0v) is 12.5. The Hall–Kier alpha value is -2.07. The lowest BCUT2D eigenvalue weighted by molar-refractivity contribution is 0.102. The molecule has 4 heteroatoms. The minimum atomic E-state index is -0.121. The van der Waals surface area contributed by atoms with Crippen LogP contribution in [0.3, 0.4) is 0 Å². The quantitative estimate of drug-likeness (QED) is 0.802. The third-order valence-electron chi connectivity index (χ3n) is 2.70. The largest absolute Gasteiger partial charge is 0.382 e. The van der Waals surface area contributed by atoms with Crippen LogP contribution in [-0.2, 0) is 0 Å². The number of hydrogen-bond acceptors (Lipinski definition) is 2. The van der Waals surface area contributed by atoms with Gasteiger partial charge in [0.25, 0.3) is 5.91 Å². The van der Waals surface area contributed by atoms with Crippen LogP contribution in [0.1, 0.15) is 10.4 Å². The Balaban J connectivity index is 2.00. The molecule has 2 aromatic carbocycles. The van der Waals surface area contributed by atoms with Gasteiger partial charge in [0.15, 0.2) is 0 Å². The summed E-state index contributed by atoms with van der Waals surface area (Å²) in [5.41, 5.74) is 2.38. The Bertz CT molecular complexity index is 591. The molecule has 2 aromatic rings. The molecule has 0 heterocycles. The van der Waals surface area contributed by atoms with E-state index in [2.05, 4.69) is 33.1 Å². The van der Waals surface area contributed by atoms with Crippen LogP contribution in [0.15, 0.2) is 65.7 Å². The molecule has 0 spiro atoms. The van der Waals surface area contributed by atoms with Gasteiger partial charge in [-0.25, -0.2) is 0 Å². The Labute approximate surface area is 126 Å². The van der Waals surface area contributed by atoms with Gasteiger partial charge in [-0.15, -0.1) is 6.58 Å². The fourth-order valence-corrected chi connectivity index (χ4v) is 1.93. The first-order valence-corrected chi connectivity index (χ1v) is 7.00. The van der Waals surface area contributed by atoms with Crippen LogP contribution in [-0.4, -0.2) is 12.5 Å². The predicted octanol–water partition coefficient (Wildman–Crippen LogP) is 4.30. The zero-order chi connectivity index (χ0) is 14.4. The summed E-state index contributed by atoms with van der Waals surface area (Å²) < 4.78 is 0.951. The third-order valence-corrected chi connectivity index (χ3v) is 3.23. The van der Waals surface area contributed by atoms with Crippen molar-refractivity contribution >= 4 is 33.2 Å². The standard InChI is InChI=1S/C16H15BrN2O/c1-2-11-18-14-7-9-15(10-8-14)19-16(20)12-3-5-13(17)6-4-12/h2-10,18H,1,11H2,(H,19,20). The van der Waals surface area contributed by atoms with Crippen molar-refractivity contribution in [3.63, 3.8) is 0 Å². The second-order valence-corrected chi connectivity index (χ2v) is 5.12. The number of anilines is 2. The second-order valence-electron chi connectivity index (χ2n) is 4.21. The molecule has 0 atom stereocenters. The number of benzene rings is 2. The number of amides is 1. The lowest BCUT2D eigenvalue weighted by Gasteiger charge is -2.07. The van der Waals surface area contributed by atoms with Gasteiger partial charge in [0, 0.05) is 28.0 Å². The van der Waals surface area contributed by atoms with Gasteiger partial charge in [-0.2, -0.15) is 0 Å². The van der Waals surface area contributed by atoms with Crippen molar-refractivity contribution in [3.05, 3.63) is 71.2 Å². The second kappa shape index (κ2) is 6.91. The maximum absolute atomic E-state index is 12.0. The van der Waals surface area contributed by atoms with Gasteiger partial charge in [-0.3, -0.25) is 4.79 Å². The number of carbonyl (C=O) groups is 1. The molecule has 0 aliphatic rings. The van der Waals surface area contributed by atoms with E-state index in [1.165, 1.54) is 0 Å². The molecule has 3 nitrogen and oxygen atoms in total. The zero-order valence-electron chi connectivity index (χ0n) is 10.9. The first-order chi connectivity index (χ1) is 9.69. The molecule has 1 amide bonds. The third kappa shape index (κ3) is 3.96. The average Bonchev–Trinajstić information content (AvgIpc) is 2.47. The van der Waals surface area contributed by atoms with Crippen LogP contribution in [0.5, 0.6) is 0 Å². The first-order valence-electron chi connectivity index (χ1n) is 6.21. The topological polar surface area (TPSA) is 41.1 Å². The number of rotatable bonds is 5. The van der Waals surface area contributed by atoms with E-state index in [-0.39, 0.29) is 5.91 Å². The van der Waals surface area contributed by atoms with E-state index in [4.69, 9.17) is 0 Å². The summed E-state index contributed by atoms with van der Waals surface area (Å²) in [6.07, 6.45) is 1.79. The summed E-state index contributed by atoms with van der Waals surface area (Å²) >= 11 is 3.34. The molecule has 0 radical (unpaired) electrons. The Kier molecular flexibility index (Phi) is 4.96. The summed E-state index contributed by atoms with van der Waals surface area (Å²) in [4.78, 5) is 12.0. The number of nitrogens with one attached hydrogen (secondary N) is 2. The molecule has 0 aliphatic heterocycles. The van der Waals surface area contributed by atoms with Crippen LogP contribution < -0.4 is 10.6 Å². The molecular formula is C16H15BrN2O. The van der Waals surface area contributed by atoms with E-state index in [0.29, 0.717) is 12.1 Å². The Morgan fingerprint density at radius 3 is 2.25 bits per heavy atom. The van der Waals surface area contributed by atoms with Gasteiger partial charge in [0.2, 0.25) is 0 Å². The fourth-order valence-electron chi connectivity index (χ4n) is 1.67. The van der Waals surface area contributed by atoms with Gasteiger partial charge < -0.3 is 10.6 Å². The van der Waals surface area contributed by atoms with E-state index in [9.17, 15) is 4.79 Å². The lowest BCUT2D eigenvalue weighted by atomic mass is 10.2. The first kappa shape index (κ1) is 14.3. The molecule has 0 bridgehead atoms. The van der Waals surface area contributed by atoms with Gasteiger partial charge in [0.05, 0.1) is 0 Å². The van der Waals surface area contributed by atoms with Crippen LogP contribution in [0.4, 0.5) is 11.4 Å². The van der Waals surface area contributed by atoms with Gasteiger partial charge in [-0.05, 0) is 48.5 Å². The minimum Gasteiger partial charge on any atom is -0.382 e. The molecule has 2 rings (SSSR count). The molecule has 0 saturated heterocycles. The molecule has 0 fully saturated rings. The predicted molar refractivity (Wildman–Crippen MR) is 87.2 cm³/mol. The molecule has 102 valence electrons. The number of carbonyl (C=O) groups excluding carboxylic acids is 1. The summed E-state index contributed by atoms with van der Waals surface area (Å²) in [7, 11) is 0. The highest BCUT2D eigenvalue weighted by atomic mass is 79.9. The van der Waals surface area contributed by atoms with Gasteiger partial charge in [0.1, 0.15) is 0 Å². The molecular weight excluding hydrogens is 316 g/mol. The van der Waals surface area contributed by atoms with E-state index < -0.39 is 0 Å². The van der Waals surface area contributed by atoms with Crippen molar-refractivity contribution in [2.45, 2.75) is 0 Å². The van der Waals surface area contributed by atoms with Crippen molar-refractivity contribution in [3.8, 4) is 0 Å². The van der Waals surface area contributed by atoms with E-state index in [0.717, 1.165) is 15.8 Å². The number of halogens is 1. The highest BCUT2D eigenvalue weighted by Crippen LogP contribution is 2.15. The lowest BCUT2D eigenvalue weighted by Crippen LogP contribution is -2.11. The van der Waals surface area contributed by atoms with Crippen LogP contribution in [0.2, 0.25) is 0 Å². The van der Waals surface area contributed by atoms with Crippen LogP contribution >= 0.6 is 15.9 Å². The SMILES string of the molecule is C=CCNc1ccc(NC(=O)c2ccc(Br)cc2)cc1. The highest BCUT2D eigenvalue weighted by molar-refractivity contribution is 9.10. The smallest absolute Gasteiger partial charge is 0.255 e. The summed E-state index contributed by atoms with van der Waals surface area (Å²) in [6.45, 7) is 4.36. The minimum absolute atomic E-state index is 0.121. The molecule has 20 heavy (non-hydrogen) atoms. The fraction of sp³-hybridized carbons (Fsp3) is 0.0625. The average molecular weight is 331 g/mol. The van der Waals surface area contributed by atoms with Crippen molar-refractivity contribution in [1.29, 1.82) is 0 Å². The highest BCUT2D eigenvalue weighted by Gasteiger charge is 2.05. The van der Waals surface area contributed by atoms with Crippen molar-refractivity contribution in [2.24, 2.45) is 0 Å². The summed E-state index contributed by atoms with van der Waals surface area (Å²) in [6, 6.07) is 14.8. The van der Waals surface area contributed by atoms with Crippen molar-refractivity contribution in [2.75, 3.05) is 17.2 Å². The van der Waals surface area contributed by atoms with Crippen LogP contribution in [0, 0.1) is 0 Å². The van der Waals surface area contributed by atoms with Gasteiger partial charge in [-0.1, -0.05) is 22.0 Å². The Morgan fingerprint density at radius 2 is 1.65 bits per heavy atom. The van der Waals surface area contributed by atoms with E-state index in [1.54, 1.807) is 18.2 Å². The van der Waals surface area contributed by atoms with Crippen LogP contribution in [0.25, 0.3) is 0 Å². The maximum Gasteiger partial charge on any atom is 0.255 e. The van der Waals surface area contributed by atoms with Gasteiger partial charge >= 0.3 is 0 Å². The molecule has 0 unspecified atom stereocenters. The van der Waals surface area contributed by atoms with Crippen molar-refractivity contribution < 1.29 is 4.79 Å². The summed E-state index contributed by atoms with van der Waals surface area (Å²) in [5, 5.41) is 6.04. The number of hydrogen-bond donors (Lipinski definition) is 2.